The van der Waals surface area contributed by atoms with Crippen LogP contribution in [0.1, 0.15) is 36.6 Å². The van der Waals surface area contributed by atoms with Gasteiger partial charge in [-0.2, -0.15) is 0 Å². The Hall–Kier alpha value is -3.13. The SMILES string of the molecule is CN=C(NCc1ccc(-n2ccnc2)nc1)NCC(c1ccco1)N1CCCCC1. The molecule has 0 radical (unpaired) electrons. The van der Waals surface area contributed by atoms with Crippen molar-refractivity contribution < 1.29 is 4.42 Å². The van der Waals surface area contributed by atoms with E-state index in [-0.39, 0.29) is 6.04 Å². The van der Waals surface area contributed by atoms with Crippen molar-refractivity contribution in [1.82, 2.24) is 30.1 Å². The lowest BCUT2D eigenvalue weighted by Gasteiger charge is -2.33. The van der Waals surface area contributed by atoms with Crippen molar-refractivity contribution in [2.75, 3.05) is 26.7 Å². The number of piperidine rings is 1. The maximum atomic E-state index is 5.73. The summed E-state index contributed by atoms with van der Waals surface area (Å²) >= 11 is 0. The first kappa shape index (κ1) is 20.2. The van der Waals surface area contributed by atoms with Crippen molar-refractivity contribution >= 4 is 5.96 Å². The number of furan rings is 1. The number of rotatable bonds is 7. The van der Waals surface area contributed by atoms with Gasteiger partial charge in [0.25, 0.3) is 0 Å². The summed E-state index contributed by atoms with van der Waals surface area (Å²) in [5.41, 5.74) is 1.08. The molecule has 3 aromatic heterocycles. The Morgan fingerprint density at radius 3 is 2.77 bits per heavy atom. The molecule has 8 heteroatoms. The largest absolute Gasteiger partial charge is 0.468 e. The zero-order valence-corrected chi connectivity index (χ0v) is 17.4. The van der Waals surface area contributed by atoms with Crippen LogP contribution in [0, 0.1) is 0 Å². The third kappa shape index (κ3) is 5.07. The number of nitrogens with zero attached hydrogens (tertiary/aromatic N) is 5. The van der Waals surface area contributed by atoms with Gasteiger partial charge >= 0.3 is 0 Å². The Balaban J connectivity index is 1.32. The lowest BCUT2D eigenvalue weighted by molar-refractivity contribution is 0.146. The van der Waals surface area contributed by atoms with Gasteiger partial charge in [0.2, 0.25) is 0 Å². The van der Waals surface area contributed by atoms with Crippen LogP contribution in [0.3, 0.4) is 0 Å². The zero-order chi connectivity index (χ0) is 20.6. The fourth-order valence-electron chi connectivity index (χ4n) is 3.79. The van der Waals surface area contributed by atoms with Crippen LogP contribution in [0.4, 0.5) is 0 Å². The van der Waals surface area contributed by atoms with Gasteiger partial charge in [0, 0.05) is 38.7 Å². The number of hydrogen-bond donors (Lipinski definition) is 2. The number of guanidine groups is 1. The molecule has 2 N–H and O–H groups in total. The summed E-state index contributed by atoms with van der Waals surface area (Å²) in [6.07, 6.45) is 12.8. The highest BCUT2D eigenvalue weighted by atomic mass is 16.3. The molecule has 0 spiro atoms. The minimum Gasteiger partial charge on any atom is -0.468 e. The number of hydrogen-bond acceptors (Lipinski definition) is 5. The highest BCUT2D eigenvalue weighted by molar-refractivity contribution is 5.79. The minimum absolute atomic E-state index is 0.204. The number of pyridine rings is 1. The topological polar surface area (TPSA) is 83.5 Å². The monoisotopic (exact) mass is 407 g/mol. The lowest BCUT2D eigenvalue weighted by Crippen LogP contribution is -2.44. The molecule has 1 unspecified atom stereocenters. The predicted octanol–water partition coefficient (Wildman–Crippen LogP) is 2.75. The second kappa shape index (κ2) is 10.1. The van der Waals surface area contributed by atoms with E-state index in [4.69, 9.17) is 4.42 Å². The highest BCUT2D eigenvalue weighted by Crippen LogP contribution is 2.24. The predicted molar refractivity (Wildman–Crippen MR) is 116 cm³/mol. The Kier molecular flexibility index (Phi) is 6.76. The van der Waals surface area contributed by atoms with Crippen LogP contribution in [0.25, 0.3) is 5.82 Å². The van der Waals surface area contributed by atoms with Crippen LogP contribution in [-0.2, 0) is 6.54 Å². The molecular formula is C22H29N7O. The van der Waals surface area contributed by atoms with Crippen LogP contribution in [0.5, 0.6) is 0 Å². The summed E-state index contributed by atoms with van der Waals surface area (Å²) in [4.78, 5) is 15.4. The van der Waals surface area contributed by atoms with E-state index in [9.17, 15) is 0 Å². The molecule has 8 nitrogen and oxygen atoms in total. The average molecular weight is 408 g/mol. The summed E-state index contributed by atoms with van der Waals surface area (Å²) < 4.78 is 7.61. The molecule has 1 aliphatic heterocycles. The van der Waals surface area contributed by atoms with E-state index >= 15 is 0 Å². The normalized spacial score (nSPS) is 16.4. The Labute approximate surface area is 177 Å². The van der Waals surface area contributed by atoms with Gasteiger partial charge in [0.15, 0.2) is 5.96 Å². The van der Waals surface area contributed by atoms with Crippen molar-refractivity contribution in [1.29, 1.82) is 0 Å². The minimum atomic E-state index is 0.204. The first-order chi connectivity index (χ1) is 14.8. The van der Waals surface area contributed by atoms with Gasteiger partial charge < -0.3 is 15.1 Å². The van der Waals surface area contributed by atoms with Crippen molar-refractivity contribution in [3.05, 3.63) is 66.8 Å². The van der Waals surface area contributed by atoms with E-state index < -0.39 is 0 Å². The van der Waals surface area contributed by atoms with Crippen LogP contribution < -0.4 is 10.6 Å². The molecule has 0 aliphatic carbocycles. The molecule has 158 valence electrons. The summed E-state index contributed by atoms with van der Waals surface area (Å²) in [5, 5.41) is 6.84. The van der Waals surface area contributed by atoms with E-state index in [1.54, 1.807) is 25.8 Å². The molecular weight excluding hydrogens is 378 g/mol. The molecule has 4 rings (SSSR count). The molecule has 0 amide bonds. The third-order valence-electron chi connectivity index (χ3n) is 5.43. The van der Waals surface area contributed by atoms with Gasteiger partial charge in [-0.1, -0.05) is 12.5 Å². The van der Waals surface area contributed by atoms with Crippen LogP contribution in [-0.4, -0.2) is 52.1 Å². The number of nitrogens with one attached hydrogen (secondary N) is 2. The molecule has 0 saturated carbocycles. The number of aliphatic imine (C=N–C) groups is 1. The maximum Gasteiger partial charge on any atom is 0.191 e. The van der Waals surface area contributed by atoms with Crippen molar-refractivity contribution in [3.63, 3.8) is 0 Å². The Bertz CT molecular complexity index is 898. The van der Waals surface area contributed by atoms with E-state index in [0.717, 1.165) is 42.7 Å². The Morgan fingerprint density at radius 1 is 1.20 bits per heavy atom. The first-order valence-electron chi connectivity index (χ1n) is 10.5. The van der Waals surface area contributed by atoms with Crippen LogP contribution >= 0.6 is 0 Å². The zero-order valence-electron chi connectivity index (χ0n) is 17.4. The molecule has 0 bridgehead atoms. The van der Waals surface area contributed by atoms with Gasteiger partial charge in [-0.05, 0) is 49.7 Å². The second-order valence-corrected chi connectivity index (χ2v) is 7.43. The Morgan fingerprint density at radius 2 is 2.10 bits per heavy atom. The molecule has 30 heavy (non-hydrogen) atoms. The maximum absolute atomic E-state index is 5.73. The molecule has 1 saturated heterocycles. The van der Waals surface area contributed by atoms with Gasteiger partial charge in [-0.3, -0.25) is 14.5 Å². The fraction of sp³-hybridized carbons (Fsp3) is 0.409. The van der Waals surface area contributed by atoms with Gasteiger partial charge in [-0.25, -0.2) is 9.97 Å². The van der Waals surface area contributed by atoms with Crippen molar-refractivity contribution in [2.45, 2.75) is 31.8 Å². The van der Waals surface area contributed by atoms with E-state index in [1.165, 1.54) is 19.3 Å². The second-order valence-electron chi connectivity index (χ2n) is 7.43. The average Bonchev–Trinajstić information content (AvgIpc) is 3.52. The fourth-order valence-corrected chi connectivity index (χ4v) is 3.79. The smallest absolute Gasteiger partial charge is 0.191 e. The highest BCUT2D eigenvalue weighted by Gasteiger charge is 2.24. The summed E-state index contributed by atoms with van der Waals surface area (Å²) in [7, 11) is 1.79. The van der Waals surface area contributed by atoms with Crippen molar-refractivity contribution in [2.24, 2.45) is 4.99 Å². The quantitative estimate of drug-likeness (QED) is 0.463. The van der Waals surface area contributed by atoms with Crippen LogP contribution in [0.15, 0.2) is 64.9 Å². The summed E-state index contributed by atoms with van der Waals surface area (Å²) in [5.74, 6) is 2.61. The van der Waals surface area contributed by atoms with Gasteiger partial charge in [0.05, 0.1) is 12.3 Å². The molecule has 4 heterocycles. The summed E-state index contributed by atoms with van der Waals surface area (Å²) in [6, 6.07) is 8.26. The molecule has 0 aromatic carbocycles. The summed E-state index contributed by atoms with van der Waals surface area (Å²) in [6.45, 7) is 3.60. The lowest BCUT2D eigenvalue weighted by atomic mass is 10.1. The van der Waals surface area contributed by atoms with E-state index in [1.807, 2.05) is 29.1 Å². The first-order valence-corrected chi connectivity index (χ1v) is 10.5. The number of likely N-dealkylation sites (tertiary alicyclic amines) is 1. The number of imidazole rings is 1. The van der Waals surface area contributed by atoms with E-state index in [2.05, 4.69) is 42.6 Å². The van der Waals surface area contributed by atoms with E-state index in [0.29, 0.717) is 6.54 Å². The molecule has 1 fully saturated rings. The molecule has 3 aromatic rings. The van der Waals surface area contributed by atoms with Gasteiger partial charge in [-0.15, -0.1) is 0 Å². The molecule has 1 aliphatic rings. The van der Waals surface area contributed by atoms with Crippen molar-refractivity contribution in [3.8, 4) is 5.82 Å². The van der Waals surface area contributed by atoms with Crippen LogP contribution in [0.2, 0.25) is 0 Å². The third-order valence-corrected chi connectivity index (χ3v) is 5.43. The standard InChI is InChI=1S/C22H29N7O/c1-23-22(26-15-18-7-8-21(25-14-18)29-12-9-24-17-29)27-16-19(20-6-5-13-30-20)28-10-3-2-4-11-28/h5-9,12-14,17,19H,2-4,10-11,15-16H2,1H3,(H2,23,26,27). The molecule has 1 atom stereocenters. The van der Waals surface area contributed by atoms with Gasteiger partial charge in [0.1, 0.15) is 17.9 Å². The number of aromatic nitrogens is 3.